The minimum atomic E-state index is -3.18. The van der Waals surface area contributed by atoms with Gasteiger partial charge in [0.05, 0.1) is 24.5 Å². The van der Waals surface area contributed by atoms with Crippen LogP contribution in [0.2, 0.25) is 0 Å². The zero-order valence-corrected chi connectivity index (χ0v) is 21.1. The quantitative estimate of drug-likeness (QED) is 0.254. The Hall–Kier alpha value is -2.24. The zero-order valence-electron chi connectivity index (χ0n) is 20.3. The van der Waals surface area contributed by atoms with Crippen LogP contribution in [0.5, 0.6) is 0 Å². The highest BCUT2D eigenvalue weighted by Gasteiger charge is 2.37. The minimum Gasteiger partial charge on any atom is -0.463 e. The number of unbranched alkanes of at least 4 members (excludes halogenated alkanes) is 1. The summed E-state index contributed by atoms with van der Waals surface area (Å²) in [4.78, 5) is 21.1. The Labute approximate surface area is 202 Å². The van der Waals surface area contributed by atoms with Gasteiger partial charge in [0.1, 0.15) is 5.82 Å². The van der Waals surface area contributed by atoms with Crippen molar-refractivity contribution in [3.63, 3.8) is 0 Å². The molecule has 0 aromatic carbocycles. The Balaban J connectivity index is 1.73. The van der Waals surface area contributed by atoms with E-state index in [2.05, 4.69) is 20.6 Å². The van der Waals surface area contributed by atoms with Crippen molar-refractivity contribution < 1.29 is 23.1 Å². The van der Waals surface area contributed by atoms with Crippen LogP contribution in [0.1, 0.15) is 64.4 Å². The van der Waals surface area contributed by atoms with E-state index in [0.717, 1.165) is 25.7 Å². The number of hydrogen-bond acceptors (Lipinski definition) is 9. The monoisotopic (exact) mass is 495 g/mol. The van der Waals surface area contributed by atoms with Crippen molar-refractivity contribution in [2.45, 2.75) is 76.5 Å². The highest BCUT2D eigenvalue weighted by molar-refractivity contribution is 7.88. The summed E-state index contributed by atoms with van der Waals surface area (Å²) in [6.07, 6.45) is 11.3. The van der Waals surface area contributed by atoms with E-state index in [-0.39, 0.29) is 12.1 Å². The number of anilines is 2. The third-order valence-electron chi connectivity index (χ3n) is 6.45. The van der Waals surface area contributed by atoms with Crippen molar-refractivity contribution in [2.24, 2.45) is 0 Å². The zero-order chi connectivity index (χ0) is 24.8. The van der Waals surface area contributed by atoms with Gasteiger partial charge in [0.25, 0.3) is 0 Å². The van der Waals surface area contributed by atoms with Gasteiger partial charge in [-0.3, -0.25) is 0 Å². The van der Waals surface area contributed by atoms with Crippen LogP contribution in [-0.4, -0.2) is 77.4 Å². The average molecular weight is 496 g/mol. The second-order valence-corrected chi connectivity index (χ2v) is 11.4. The van der Waals surface area contributed by atoms with Gasteiger partial charge in [0, 0.05) is 37.0 Å². The van der Waals surface area contributed by atoms with Crippen molar-refractivity contribution in [2.75, 3.05) is 36.6 Å². The largest absolute Gasteiger partial charge is 0.463 e. The molecule has 1 aliphatic carbocycles. The Morgan fingerprint density at radius 3 is 2.68 bits per heavy atom. The van der Waals surface area contributed by atoms with E-state index in [0.29, 0.717) is 56.3 Å². The molecule has 1 aliphatic heterocycles. The summed E-state index contributed by atoms with van der Waals surface area (Å²) in [7, 11) is -3.18. The number of nitrogens with zero attached hydrogens (tertiary/aromatic N) is 3. The molecule has 190 valence electrons. The van der Waals surface area contributed by atoms with Crippen molar-refractivity contribution in [3.8, 4) is 0 Å². The van der Waals surface area contributed by atoms with Crippen LogP contribution in [0.4, 0.5) is 11.8 Å². The number of aliphatic hydroxyl groups is 1. The molecule has 2 atom stereocenters. The minimum absolute atomic E-state index is 0.0513. The van der Waals surface area contributed by atoms with E-state index >= 15 is 0 Å². The normalized spacial score (nSPS) is 24.4. The lowest BCUT2D eigenvalue weighted by Crippen LogP contribution is -2.42. The van der Waals surface area contributed by atoms with Crippen LogP contribution in [0.3, 0.4) is 0 Å². The van der Waals surface area contributed by atoms with E-state index in [9.17, 15) is 18.3 Å². The van der Waals surface area contributed by atoms with Crippen molar-refractivity contribution in [1.82, 2.24) is 14.3 Å². The Morgan fingerprint density at radius 2 is 2.06 bits per heavy atom. The molecule has 1 saturated carbocycles. The van der Waals surface area contributed by atoms with E-state index in [1.165, 1.54) is 16.6 Å². The summed E-state index contributed by atoms with van der Waals surface area (Å²) >= 11 is 0. The smallest absolute Gasteiger partial charge is 0.330 e. The Morgan fingerprint density at radius 1 is 1.32 bits per heavy atom. The van der Waals surface area contributed by atoms with Gasteiger partial charge in [0.2, 0.25) is 16.0 Å². The van der Waals surface area contributed by atoms with Gasteiger partial charge in [0.15, 0.2) is 0 Å². The molecule has 0 amide bonds. The highest BCUT2D eigenvalue weighted by atomic mass is 32.2. The second-order valence-electron chi connectivity index (χ2n) is 9.38. The molecule has 0 radical (unpaired) electrons. The summed E-state index contributed by atoms with van der Waals surface area (Å²) in [5.74, 6) is 0.517. The molecule has 0 spiro atoms. The van der Waals surface area contributed by atoms with Gasteiger partial charge in [-0.15, -0.1) is 0 Å². The number of nitrogens with one attached hydrogen (secondary N) is 2. The number of sulfonamides is 1. The SMILES string of the molecule is CCCCOC(=O)/C=C/c1cnc(NC2CCN(S(C)(=O)=O)CC2)nc1N[C@@H]1CCC[C@@]1(C)O. The lowest BCUT2D eigenvalue weighted by molar-refractivity contribution is -0.137. The number of ether oxygens (including phenoxy) is 1. The Kier molecular flexibility index (Phi) is 8.89. The topological polar surface area (TPSA) is 134 Å². The van der Waals surface area contributed by atoms with Crippen LogP contribution in [-0.2, 0) is 19.6 Å². The van der Waals surface area contributed by atoms with E-state index < -0.39 is 21.6 Å². The number of piperidine rings is 1. The highest BCUT2D eigenvalue weighted by Crippen LogP contribution is 2.32. The molecule has 3 N–H and O–H groups in total. The molecule has 1 saturated heterocycles. The van der Waals surface area contributed by atoms with Crippen LogP contribution >= 0.6 is 0 Å². The van der Waals surface area contributed by atoms with Gasteiger partial charge in [-0.2, -0.15) is 4.98 Å². The molecular formula is C23H37N5O5S. The third-order valence-corrected chi connectivity index (χ3v) is 7.75. The average Bonchev–Trinajstić information content (AvgIpc) is 3.11. The Bertz CT molecular complexity index is 974. The fraction of sp³-hybridized carbons (Fsp3) is 0.696. The molecule has 0 bridgehead atoms. The number of hydrogen-bond donors (Lipinski definition) is 3. The number of aromatic nitrogens is 2. The molecule has 2 heterocycles. The number of carbonyl (C=O) groups is 1. The standard InChI is InChI=1S/C23H37N5O5S/c1-4-5-15-33-20(29)9-8-17-16-24-22(25-18-10-13-28(14-11-18)34(3,31)32)27-21(17)26-19-7-6-12-23(19,2)30/h8-9,16,18-19,30H,4-7,10-15H2,1-3H3,(H2,24,25,26,27)/b9-8+/t19-,23-/m1/s1. The van der Waals surface area contributed by atoms with Gasteiger partial charge >= 0.3 is 5.97 Å². The molecule has 11 heteroatoms. The fourth-order valence-electron chi connectivity index (χ4n) is 4.28. The fourth-order valence-corrected chi connectivity index (χ4v) is 5.15. The van der Waals surface area contributed by atoms with Crippen LogP contribution < -0.4 is 10.6 Å². The second kappa shape index (κ2) is 11.5. The molecule has 2 aliphatic rings. The predicted octanol–water partition coefficient (Wildman–Crippen LogP) is 2.38. The van der Waals surface area contributed by atoms with Gasteiger partial charge in [-0.05, 0) is 51.5 Å². The predicted molar refractivity (Wildman–Crippen MR) is 132 cm³/mol. The van der Waals surface area contributed by atoms with Gasteiger partial charge < -0.3 is 20.5 Å². The van der Waals surface area contributed by atoms with E-state index in [1.54, 1.807) is 12.3 Å². The molecule has 2 fully saturated rings. The lowest BCUT2D eigenvalue weighted by atomic mass is 10.0. The summed E-state index contributed by atoms with van der Waals surface area (Å²) in [6.45, 7) is 5.13. The lowest BCUT2D eigenvalue weighted by Gasteiger charge is -2.31. The van der Waals surface area contributed by atoms with E-state index in [4.69, 9.17) is 4.74 Å². The van der Waals surface area contributed by atoms with Crippen molar-refractivity contribution >= 4 is 33.8 Å². The summed E-state index contributed by atoms with van der Waals surface area (Å²) in [5.41, 5.74) is -0.232. The molecular weight excluding hydrogens is 458 g/mol. The maximum Gasteiger partial charge on any atom is 0.330 e. The number of carbonyl (C=O) groups excluding carboxylic acids is 1. The molecule has 34 heavy (non-hydrogen) atoms. The van der Waals surface area contributed by atoms with E-state index in [1.807, 2.05) is 13.8 Å². The maximum absolute atomic E-state index is 12.0. The summed E-state index contributed by atoms with van der Waals surface area (Å²) in [5, 5.41) is 17.4. The molecule has 1 aromatic rings. The first-order valence-corrected chi connectivity index (χ1v) is 13.9. The maximum atomic E-state index is 12.0. The molecule has 3 rings (SSSR count). The van der Waals surface area contributed by atoms with Gasteiger partial charge in [-0.25, -0.2) is 22.5 Å². The molecule has 0 unspecified atom stereocenters. The number of esters is 1. The first-order valence-electron chi connectivity index (χ1n) is 12.0. The van der Waals surface area contributed by atoms with Crippen molar-refractivity contribution in [1.29, 1.82) is 0 Å². The third kappa shape index (κ3) is 7.38. The molecule has 1 aromatic heterocycles. The summed E-state index contributed by atoms with van der Waals surface area (Å²) < 4.78 is 30.2. The molecule has 10 nitrogen and oxygen atoms in total. The van der Waals surface area contributed by atoms with Crippen LogP contribution in [0.25, 0.3) is 6.08 Å². The van der Waals surface area contributed by atoms with Crippen LogP contribution in [0.15, 0.2) is 12.3 Å². The van der Waals surface area contributed by atoms with Gasteiger partial charge in [-0.1, -0.05) is 13.3 Å². The van der Waals surface area contributed by atoms with Crippen LogP contribution in [0, 0.1) is 0 Å². The van der Waals surface area contributed by atoms with Crippen molar-refractivity contribution in [3.05, 3.63) is 17.8 Å². The first-order chi connectivity index (χ1) is 16.1. The number of rotatable bonds is 10. The summed E-state index contributed by atoms with van der Waals surface area (Å²) in [6, 6.07) is -0.118. The first kappa shape index (κ1) is 26.4.